The van der Waals surface area contributed by atoms with E-state index in [1.165, 1.54) is 14.0 Å². The number of nitrogens with one attached hydrogen (secondary N) is 1. The molecule has 0 unspecified atom stereocenters. The average molecular weight is 445 g/mol. The number of sulfonamides is 1. The Morgan fingerprint density at radius 1 is 1.23 bits per heavy atom. The monoisotopic (exact) mass is 444 g/mol. The molecule has 0 aliphatic carbocycles. The minimum absolute atomic E-state index is 0.0300. The third kappa shape index (κ3) is 5.40. The number of methoxy groups -OCH3 is 1. The van der Waals surface area contributed by atoms with Crippen LogP contribution < -0.4 is 14.4 Å². The molecule has 3 rings (SSSR count). The highest BCUT2D eigenvalue weighted by Crippen LogP contribution is 2.25. The molecule has 9 nitrogen and oxygen atoms in total. The van der Waals surface area contributed by atoms with Crippen LogP contribution in [0.15, 0.2) is 53.1 Å². The van der Waals surface area contributed by atoms with Gasteiger partial charge in [-0.25, -0.2) is 8.42 Å². The second kappa shape index (κ2) is 9.17. The molecule has 0 saturated heterocycles. The van der Waals surface area contributed by atoms with E-state index < -0.39 is 22.0 Å². The Morgan fingerprint density at radius 3 is 2.58 bits per heavy atom. The summed E-state index contributed by atoms with van der Waals surface area (Å²) < 4.78 is 36.2. The topological polar surface area (TPSA) is 115 Å². The summed E-state index contributed by atoms with van der Waals surface area (Å²) in [7, 11) is -2.26. The predicted molar refractivity (Wildman–Crippen MR) is 116 cm³/mol. The molecule has 164 valence electrons. The molecule has 31 heavy (non-hydrogen) atoms. The largest absolute Gasteiger partial charge is 0.497 e. The lowest BCUT2D eigenvalue weighted by molar-refractivity contribution is -0.122. The maximum atomic E-state index is 12.7. The van der Waals surface area contributed by atoms with Crippen molar-refractivity contribution >= 4 is 21.6 Å². The summed E-state index contributed by atoms with van der Waals surface area (Å²) in [5.74, 6) is 0.589. The average Bonchev–Trinajstić information content (AvgIpc) is 3.20. The van der Waals surface area contributed by atoms with Gasteiger partial charge in [0.2, 0.25) is 27.6 Å². The minimum atomic E-state index is -3.74. The van der Waals surface area contributed by atoms with Gasteiger partial charge in [-0.15, -0.1) is 0 Å². The number of anilines is 1. The van der Waals surface area contributed by atoms with E-state index in [-0.39, 0.29) is 12.4 Å². The summed E-state index contributed by atoms with van der Waals surface area (Å²) >= 11 is 0. The van der Waals surface area contributed by atoms with Crippen LogP contribution >= 0.6 is 0 Å². The lowest BCUT2D eigenvalue weighted by Gasteiger charge is -2.28. The van der Waals surface area contributed by atoms with Crippen molar-refractivity contribution in [2.24, 2.45) is 0 Å². The molecule has 1 amide bonds. The van der Waals surface area contributed by atoms with Gasteiger partial charge in [0.05, 0.1) is 25.6 Å². The smallest absolute Gasteiger partial charge is 0.246 e. The second-order valence-corrected chi connectivity index (χ2v) is 8.89. The first-order valence-electron chi connectivity index (χ1n) is 9.50. The van der Waals surface area contributed by atoms with Crippen LogP contribution in [0.3, 0.4) is 0 Å². The van der Waals surface area contributed by atoms with E-state index >= 15 is 0 Å². The van der Waals surface area contributed by atoms with Crippen LogP contribution in [-0.2, 0) is 21.4 Å². The highest BCUT2D eigenvalue weighted by atomic mass is 32.2. The first-order valence-corrected chi connectivity index (χ1v) is 11.3. The van der Waals surface area contributed by atoms with Gasteiger partial charge in [0, 0.05) is 11.6 Å². The van der Waals surface area contributed by atoms with Crippen LogP contribution in [0.5, 0.6) is 5.75 Å². The number of rotatable bonds is 8. The lowest BCUT2D eigenvalue weighted by Crippen LogP contribution is -2.47. The van der Waals surface area contributed by atoms with Crippen LogP contribution in [0, 0.1) is 6.92 Å². The molecule has 1 heterocycles. The standard InChI is InChI=1S/C21H24N4O5S/c1-14-8-10-16(11-9-14)20-23-19(30-24-20)13-22-21(26)15(2)25(31(4,27)28)17-6-5-7-18(12-17)29-3/h5-12,15H,13H2,1-4H3,(H,22,26)/t15-/m0/s1. The fourth-order valence-electron chi connectivity index (χ4n) is 3.01. The van der Waals surface area contributed by atoms with E-state index in [4.69, 9.17) is 9.26 Å². The van der Waals surface area contributed by atoms with Crippen molar-refractivity contribution in [3.8, 4) is 17.1 Å². The summed E-state index contributed by atoms with van der Waals surface area (Å²) in [5, 5.41) is 6.57. The molecule has 0 aliphatic heterocycles. The highest BCUT2D eigenvalue weighted by molar-refractivity contribution is 7.92. The van der Waals surface area contributed by atoms with Crippen molar-refractivity contribution in [1.29, 1.82) is 0 Å². The molecule has 0 fully saturated rings. The number of benzene rings is 2. The summed E-state index contributed by atoms with van der Waals surface area (Å²) in [6.45, 7) is 3.45. The molecule has 0 radical (unpaired) electrons. The normalized spacial score (nSPS) is 12.3. The number of hydrogen-bond donors (Lipinski definition) is 1. The van der Waals surface area contributed by atoms with Crippen LogP contribution in [0.25, 0.3) is 11.4 Å². The summed E-state index contributed by atoms with van der Waals surface area (Å²) in [6, 6.07) is 13.1. The van der Waals surface area contributed by atoms with Gasteiger partial charge in [0.1, 0.15) is 11.8 Å². The molecule has 0 bridgehead atoms. The number of carbonyl (C=O) groups is 1. The van der Waals surface area contributed by atoms with Crippen molar-refractivity contribution in [2.45, 2.75) is 26.4 Å². The number of aryl methyl sites for hydroxylation is 1. The predicted octanol–water partition coefficient (Wildman–Crippen LogP) is 2.52. The van der Waals surface area contributed by atoms with E-state index in [9.17, 15) is 13.2 Å². The third-order valence-electron chi connectivity index (χ3n) is 4.59. The molecule has 1 aromatic heterocycles. The molecule has 0 spiro atoms. The Bertz CT molecular complexity index is 1160. The van der Waals surface area contributed by atoms with E-state index in [0.29, 0.717) is 17.3 Å². The molecule has 10 heteroatoms. The van der Waals surface area contributed by atoms with Gasteiger partial charge in [-0.1, -0.05) is 41.1 Å². The quantitative estimate of drug-likeness (QED) is 0.568. The van der Waals surface area contributed by atoms with Crippen molar-refractivity contribution in [1.82, 2.24) is 15.5 Å². The molecule has 2 aromatic carbocycles. The maximum absolute atomic E-state index is 12.7. The second-order valence-electron chi connectivity index (χ2n) is 7.03. The van der Waals surface area contributed by atoms with Gasteiger partial charge in [0.25, 0.3) is 0 Å². The number of aromatic nitrogens is 2. The summed E-state index contributed by atoms with van der Waals surface area (Å²) in [4.78, 5) is 17.0. The number of hydrogen-bond acceptors (Lipinski definition) is 7. The number of ether oxygens (including phenoxy) is 1. The van der Waals surface area contributed by atoms with Crippen LogP contribution in [0.2, 0.25) is 0 Å². The van der Waals surface area contributed by atoms with Crippen molar-refractivity contribution in [3.05, 3.63) is 60.0 Å². The fourth-order valence-corrected chi connectivity index (χ4v) is 4.18. The molecule has 0 aliphatic rings. The number of amides is 1. The van der Waals surface area contributed by atoms with Gasteiger partial charge in [0.15, 0.2) is 0 Å². The van der Waals surface area contributed by atoms with E-state index in [1.807, 2.05) is 31.2 Å². The molecular formula is C21H24N4O5S. The van der Waals surface area contributed by atoms with E-state index in [2.05, 4.69) is 15.5 Å². The SMILES string of the molecule is COc1cccc(N([C@@H](C)C(=O)NCc2nc(-c3ccc(C)cc3)no2)S(C)(=O)=O)c1. The van der Waals surface area contributed by atoms with Gasteiger partial charge in [-0.2, -0.15) is 4.98 Å². The molecule has 0 saturated carbocycles. The highest BCUT2D eigenvalue weighted by Gasteiger charge is 2.29. The molecular weight excluding hydrogens is 420 g/mol. The maximum Gasteiger partial charge on any atom is 0.246 e. The Balaban J connectivity index is 1.72. The van der Waals surface area contributed by atoms with Gasteiger partial charge in [-0.3, -0.25) is 9.10 Å². The number of nitrogens with zero attached hydrogens (tertiary/aromatic N) is 3. The number of carbonyl (C=O) groups excluding carboxylic acids is 1. The van der Waals surface area contributed by atoms with E-state index in [1.54, 1.807) is 24.3 Å². The van der Waals surface area contributed by atoms with Crippen LogP contribution in [-0.4, -0.2) is 43.9 Å². The summed E-state index contributed by atoms with van der Waals surface area (Å²) in [5.41, 5.74) is 2.23. The van der Waals surface area contributed by atoms with Crippen molar-refractivity contribution < 1.29 is 22.5 Å². The van der Waals surface area contributed by atoms with Crippen molar-refractivity contribution in [2.75, 3.05) is 17.7 Å². The molecule has 1 N–H and O–H groups in total. The van der Waals surface area contributed by atoms with Gasteiger partial charge < -0.3 is 14.6 Å². The third-order valence-corrected chi connectivity index (χ3v) is 5.83. The lowest BCUT2D eigenvalue weighted by atomic mass is 10.1. The molecule has 1 atom stereocenters. The zero-order chi connectivity index (χ0) is 22.6. The van der Waals surface area contributed by atoms with Gasteiger partial charge >= 0.3 is 0 Å². The Hall–Kier alpha value is -3.40. The van der Waals surface area contributed by atoms with Crippen LogP contribution in [0.1, 0.15) is 18.4 Å². The Morgan fingerprint density at radius 2 is 1.94 bits per heavy atom. The molecule has 3 aromatic rings. The van der Waals surface area contributed by atoms with Gasteiger partial charge in [-0.05, 0) is 26.0 Å². The first kappa shape index (κ1) is 22.3. The Kier molecular flexibility index (Phi) is 6.59. The zero-order valence-corrected chi connectivity index (χ0v) is 18.5. The van der Waals surface area contributed by atoms with Crippen molar-refractivity contribution in [3.63, 3.8) is 0 Å². The summed E-state index contributed by atoms with van der Waals surface area (Å²) in [6.07, 6.45) is 1.04. The van der Waals surface area contributed by atoms with Crippen LogP contribution in [0.4, 0.5) is 5.69 Å². The zero-order valence-electron chi connectivity index (χ0n) is 17.7. The fraction of sp³-hybridized carbons (Fsp3) is 0.286. The Labute approximate surface area is 181 Å². The van der Waals surface area contributed by atoms with E-state index in [0.717, 1.165) is 21.7 Å². The first-order chi connectivity index (χ1) is 14.7. The minimum Gasteiger partial charge on any atom is -0.497 e.